The lowest BCUT2D eigenvalue weighted by Gasteiger charge is -2.27. The number of carbonyl (C=O) groups excluding carboxylic acids is 1. The SMILES string of the molecule is C=CC(=O)Nc1cncc(-c2csc3c(=O)cc(N4CCOCC4)oc23)c1. The van der Waals surface area contributed by atoms with Gasteiger partial charge in [0.25, 0.3) is 0 Å². The molecule has 0 saturated carbocycles. The first-order valence-corrected chi connectivity index (χ1v) is 9.30. The van der Waals surface area contributed by atoms with Crippen molar-refractivity contribution in [2.24, 2.45) is 0 Å². The second-order valence-electron chi connectivity index (χ2n) is 6.01. The lowest BCUT2D eigenvalue weighted by Crippen LogP contribution is -2.36. The number of ether oxygens (including phenoxy) is 1. The molecule has 3 aromatic heterocycles. The van der Waals surface area contributed by atoms with E-state index in [1.54, 1.807) is 18.5 Å². The van der Waals surface area contributed by atoms with Gasteiger partial charge >= 0.3 is 0 Å². The summed E-state index contributed by atoms with van der Waals surface area (Å²) in [4.78, 5) is 30.3. The van der Waals surface area contributed by atoms with E-state index in [9.17, 15) is 9.59 Å². The average Bonchev–Trinajstić information content (AvgIpc) is 3.13. The van der Waals surface area contributed by atoms with Crippen molar-refractivity contribution in [3.8, 4) is 11.1 Å². The molecule has 4 heterocycles. The standard InChI is InChI=1S/C19H17N3O4S/c1-2-16(24)21-13-7-12(9-20-10-13)14-11-27-19-15(23)8-17(26-18(14)19)22-3-5-25-6-4-22/h2,7-11H,1,3-6H2,(H,21,24). The van der Waals surface area contributed by atoms with Crippen molar-refractivity contribution in [3.05, 3.63) is 52.8 Å². The number of thiophene rings is 1. The second-order valence-corrected chi connectivity index (χ2v) is 6.89. The summed E-state index contributed by atoms with van der Waals surface area (Å²) >= 11 is 1.33. The number of carbonyl (C=O) groups is 1. The fraction of sp³-hybridized carbons (Fsp3) is 0.211. The van der Waals surface area contributed by atoms with Crippen molar-refractivity contribution in [3.63, 3.8) is 0 Å². The molecule has 1 saturated heterocycles. The predicted octanol–water partition coefficient (Wildman–Crippen LogP) is 2.88. The number of nitrogens with zero attached hydrogens (tertiary/aromatic N) is 2. The zero-order chi connectivity index (χ0) is 18.8. The van der Waals surface area contributed by atoms with Crippen LogP contribution in [0.4, 0.5) is 11.6 Å². The topological polar surface area (TPSA) is 84.7 Å². The molecule has 3 aromatic rings. The highest BCUT2D eigenvalue weighted by Gasteiger charge is 2.19. The van der Waals surface area contributed by atoms with Crippen molar-refractivity contribution >= 4 is 39.1 Å². The van der Waals surface area contributed by atoms with E-state index >= 15 is 0 Å². The van der Waals surface area contributed by atoms with Gasteiger partial charge in [-0.25, -0.2) is 0 Å². The van der Waals surface area contributed by atoms with Gasteiger partial charge in [0.05, 0.1) is 25.1 Å². The molecule has 1 aliphatic heterocycles. The van der Waals surface area contributed by atoms with Crippen LogP contribution in [0.25, 0.3) is 21.4 Å². The molecule has 0 unspecified atom stereocenters. The van der Waals surface area contributed by atoms with Crippen LogP contribution in [0.1, 0.15) is 0 Å². The monoisotopic (exact) mass is 383 g/mol. The highest BCUT2D eigenvalue weighted by molar-refractivity contribution is 7.17. The van der Waals surface area contributed by atoms with Gasteiger partial charge in [0.2, 0.25) is 11.3 Å². The molecule has 1 N–H and O–H groups in total. The van der Waals surface area contributed by atoms with Crippen molar-refractivity contribution in [2.75, 3.05) is 36.5 Å². The van der Waals surface area contributed by atoms with Crippen molar-refractivity contribution < 1.29 is 13.9 Å². The Morgan fingerprint density at radius 3 is 2.89 bits per heavy atom. The molecular weight excluding hydrogens is 366 g/mol. The smallest absolute Gasteiger partial charge is 0.247 e. The van der Waals surface area contributed by atoms with E-state index in [4.69, 9.17) is 9.15 Å². The third-order valence-corrected chi connectivity index (χ3v) is 5.23. The first-order valence-electron chi connectivity index (χ1n) is 8.42. The molecule has 0 spiro atoms. The highest BCUT2D eigenvalue weighted by Crippen LogP contribution is 2.35. The lowest BCUT2D eigenvalue weighted by atomic mass is 10.1. The lowest BCUT2D eigenvalue weighted by molar-refractivity contribution is -0.111. The Balaban J connectivity index is 1.77. The zero-order valence-electron chi connectivity index (χ0n) is 14.4. The Labute approximate surface area is 158 Å². The molecule has 7 nitrogen and oxygen atoms in total. The van der Waals surface area contributed by atoms with Crippen LogP contribution in [0.5, 0.6) is 0 Å². The van der Waals surface area contributed by atoms with Crippen LogP contribution < -0.4 is 15.6 Å². The van der Waals surface area contributed by atoms with Gasteiger partial charge < -0.3 is 19.4 Å². The number of anilines is 2. The van der Waals surface area contributed by atoms with Gasteiger partial charge in [-0.15, -0.1) is 11.3 Å². The number of hydrogen-bond donors (Lipinski definition) is 1. The molecule has 1 amide bonds. The normalized spacial score (nSPS) is 14.3. The number of morpholine rings is 1. The summed E-state index contributed by atoms with van der Waals surface area (Å²) in [5, 5.41) is 4.56. The Bertz CT molecular complexity index is 1070. The fourth-order valence-corrected chi connectivity index (χ4v) is 3.83. The van der Waals surface area contributed by atoms with Gasteiger partial charge in [0, 0.05) is 41.9 Å². The molecule has 0 atom stereocenters. The van der Waals surface area contributed by atoms with Crippen LogP contribution in [-0.2, 0) is 9.53 Å². The maximum Gasteiger partial charge on any atom is 0.247 e. The molecule has 8 heteroatoms. The molecule has 0 radical (unpaired) electrons. The first-order chi connectivity index (χ1) is 13.2. The quantitative estimate of drug-likeness (QED) is 0.698. The third-order valence-electron chi connectivity index (χ3n) is 4.26. The fourth-order valence-electron chi connectivity index (χ4n) is 2.92. The molecule has 1 fully saturated rings. The largest absolute Gasteiger partial charge is 0.439 e. The van der Waals surface area contributed by atoms with E-state index < -0.39 is 0 Å². The molecule has 1 aliphatic rings. The zero-order valence-corrected chi connectivity index (χ0v) is 15.3. The summed E-state index contributed by atoms with van der Waals surface area (Å²) in [6.07, 6.45) is 4.42. The van der Waals surface area contributed by atoms with Gasteiger partial charge in [-0.2, -0.15) is 0 Å². The van der Waals surface area contributed by atoms with E-state index in [2.05, 4.69) is 16.9 Å². The van der Waals surface area contributed by atoms with E-state index in [0.717, 1.165) is 11.1 Å². The molecular formula is C19H17N3O4S. The summed E-state index contributed by atoms with van der Waals surface area (Å²) in [7, 11) is 0. The van der Waals surface area contributed by atoms with Crippen LogP contribution in [0.15, 0.2) is 51.8 Å². The summed E-state index contributed by atoms with van der Waals surface area (Å²) in [6, 6.07) is 3.32. The van der Waals surface area contributed by atoms with E-state index in [1.165, 1.54) is 23.5 Å². The molecule has 138 valence electrons. The minimum absolute atomic E-state index is 0.0712. The maximum atomic E-state index is 12.5. The summed E-state index contributed by atoms with van der Waals surface area (Å²) in [5.74, 6) is 0.227. The Morgan fingerprint density at radius 1 is 1.30 bits per heavy atom. The van der Waals surface area contributed by atoms with Gasteiger partial charge in [0.15, 0.2) is 11.5 Å². The van der Waals surface area contributed by atoms with E-state index in [-0.39, 0.29) is 11.3 Å². The van der Waals surface area contributed by atoms with Crippen LogP contribution in [-0.4, -0.2) is 37.2 Å². The van der Waals surface area contributed by atoms with Gasteiger partial charge in [0.1, 0.15) is 4.70 Å². The van der Waals surface area contributed by atoms with Crippen LogP contribution >= 0.6 is 11.3 Å². The van der Waals surface area contributed by atoms with Crippen LogP contribution in [0, 0.1) is 0 Å². The Hall–Kier alpha value is -2.97. The van der Waals surface area contributed by atoms with Gasteiger partial charge in [-0.1, -0.05) is 6.58 Å². The minimum atomic E-state index is -0.315. The summed E-state index contributed by atoms with van der Waals surface area (Å²) in [6.45, 7) is 6.01. The third kappa shape index (κ3) is 3.49. The molecule has 4 rings (SSSR count). The predicted molar refractivity (Wildman–Crippen MR) is 105 cm³/mol. The molecule has 0 aromatic carbocycles. The van der Waals surface area contributed by atoms with Gasteiger partial charge in [-0.3, -0.25) is 14.6 Å². The number of rotatable bonds is 4. The van der Waals surface area contributed by atoms with E-state index in [1.807, 2.05) is 10.3 Å². The molecule has 0 bridgehead atoms. The van der Waals surface area contributed by atoms with E-state index in [0.29, 0.717) is 48.2 Å². The first kappa shape index (κ1) is 17.4. The van der Waals surface area contributed by atoms with Crippen LogP contribution in [0.2, 0.25) is 0 Å². The number of aromatic nitrogens is 1. The minimum Gasteiger partial charge on any atom is -0.439 e. The summed E-state index contributed by atoms with van der Waals surface area (Å²) in [5.41, 5.74) is 2.53. The average molecular weight is 383 g/mol. The van der Waals surface area contributed by atoms with Crippen molar-refractivity contribution in [1.29, 1.82) is 0 Å². The number of pyridine rings is 1. The summed E-state index contributed by atoms with van der Waals surface area (Å²) < 4.78 is 12.0. The second kappa shape index (κ2) is 7.34. The number of fused-ring (bicyclic) bond motifs is 1. The molecule has 0 aliphatic carbocycles. The number of hydrogen-bond acceptors (Lipinski definition) is 7. The Morgan fingerprint density at radius 2 is 2.11 bits per heavy atom. The van der Waals surface area contributed by atoms with Crippen molar-refractivity contribution in [1.82, 2.24) is 4.98 Å². The Kier molecular flexibility index (Phi) is 4.74. The van der Waals surface area contributed by atoms with Crippen LogP contribution in [0.3, 0.4) is 0 Å². The highest BCUT2D eigenvalue weighted by atomic mass is 32.1. The number of nitrogens with one attached hydrogen (secondary N) is 1. The van der Waals surface area contributed by atoms with Gasteiger partial charge in [-0.05, 0) is 12.1 Å². The van der Waals surface area contributed by atoms with Crippen molar-refractivity contribution in [2.45, 2.75) is 0 Å². The molecule has 27 heavy (non-hydrogen) atoms. The number of amides is 1. The maximum absolute atomic E-state index is 12.5.